The molecule has 2 rings (SSSR count). The maximum atomic E-state index is 10.8. The average molecular weight is 237 g/mol. The number of benzene rings is 1. The van der Waals surface area contributed by atoms with Crippen molar-refractivity contribution in [2.75, 3.05) is 0 Å². The van der Waals surface area contributed by atoms with E-state index < -0.39 is 4.75 Å². The molecule has 2 aromatic rings. The van der Waals surface area contributed by atoms with Gasteiger partial charge in [0.1, 0.15) is 6.29 Å². The number of para-hydroxylation sites is 1. The normalized spacial score (nSPS) is 11.9. The maximum Gasteiger partial charge on any atom is 0.152 e. The van der Waals surface area contributed by atoms with Gasteiger partial charge in [0.05, 0.1) is 15.0 Å². The number of hydrogen-bond acceptors (Lipinski definition) is 4. The Balaban J connectivity index is 2.33. The first-order valence-corrected chi connectivity index (χ1v) is 6.25. The van der Waals surface area contributed by atoms with Crippen LogP contribution < -0.4 is 0 Å². The van der Waals surface area contributed by atoms with Crippen LogP contribution in [-0.2, 0) is 4.79 Å². The third-order valence-corrected chi connectivity index (χ3v) is 4.13. The molecule has 0 N–H and O–H groups in total. The standard InChI is InChI=1S/C11H11NOS2/c1-11(2,7-13)15-10-12-8-5-3-4-6-9(8)14-10/h3-7H,1-2H3. The number of nitrogens with zero attached hydrogens (tertiary/aromatic N) is 1. The summed E-state index contributed by atoms with van der Waals surface area (Å²) in [6.07, 6.45) is 0.962. The van der Waals surface area contributed by atoms with Crippen LogP contribution in [0.4, 0.5) is 0 Å². The molecule has 0 atom stereocenters. The predicted molar refractivity (Wildman–Crippen MR) is 65.6 cm³/mol. The van der Waals surface area contributed by atoms with Gasteiger partial charge in [-0.1, -0.05) is 23.9 Å². The quantitative estimate of drug-likeness (QED) is 0.605. The van der Waals surface area contributed by atoms with Gasteiger partial charge in [0, 0.05) is 0 Å². The van der Waals surface area contributed by atoms with Crippen LogP contribution in [0.1, 0.15) is 13.8 Å². The van der Waals surface area contributed by atoms with E-state index in [9.17, 15) is 4.79 Å². The Kier molecular flexibility index (Phi) is 2.80. The zero-order chi connectivity index (χ0) is 10.9. The molecule has 1 heterocycles. The van der Waals surface area contributed by atoms with Gasteiger partial charge in [-0.2, -0.15) is 0 Å². The fraction of sp³-hybridized carbons (Fsp3) is 0.273. The summed E-state index contributed by atoms with van der Waals surface area (Å²) >= 11 is 3.14. The third kappa shape index (κ3) is 2.38. The van der Waals surface area contributed by atoms with Crippen molar-refractivity contribution in [1.82, 2.24) is 4.98 Å². The molecule has 0 spiro atoms. The number of thioether (sulfide) groups is 1. The molecule has 0 fully saturated rings. The summed E-state index contributed by atoms with van der Waals surface area (Å²) in [6, 6.07) is 8.01. The minimum atomic E-state index is -0.395. The molecular formula is C11H11NOS2. The van der Waals surface area contributed by atoms with E-state index in [4.69, 9.17) is 0 Å². The summed E-state index contributed by atoms with van der Waals surface area (Å²) in [4.78, 5) is 15.3. The first-order valence-electron chi connectivity index (χ1n) is 4.62. The van der Waals surface area contributed by atoms with Gasteiger partial charge >= 0.3 is 0 Å². The summed E-state index contributed by atoms with van der Waals surface area (Å²) in [6.45, 7) is 3.80. The van der Waals surface area contributed by atoms with Gasteiger partial charge < -0.3 is 4.79 Å². The fourth-order valence-corrected chi connectivity index (χ4v) is 3.56. The second-order valence-corrected chi connectivity index (χ2v) is 6.70. The lowest BCUT2D eigenvalue weighted by Crippen LogP contribution is -2.15. The van der Waals surface area contributed by atoms with Crippen molar-refractivity contribution < 1.29 is 4.79 Å². The minimum absolute atomic E-state index is 0.395. The van der Waals surface area contributed by atoms with Crippen molar-refractivity contribution in [3.05, 3.63) is 24.3 Å². The minimum Gasteiger partial charge on any atom is -0.302 e. The Hall–Kier alpha value is -0.870. The van der Waals surface area contributed by atoms with Gasteiger partial charge in [-0.15, -0.1) is 11.3 Å². The zero-order valence-electron chi connectivity index (χ0n) is 8.56. The summed E-state index contributed by atoms with van der Waals surface area (Å²) < 4.78 is 1.73. The molecule has 0 saturated carbocycles. The molecule has 0 radical (unpaired) electrons. The molecule has 0 aliphatic heterocycles. The second-order valence-electron chi connectivity index (χ2n) is 3.77. The highest BCUT2D eigenvalue weighted by Gasteiger charge is 2.20. The van der Waals surface area contributed by atoms with Gasteiger partial charge in [-0.25, -0.2) is 4.98 Å². The molecule has 0 amide bonds. The van der Waals surface area contributed by atoms with Crippen LogP contribution in [0.3, 0.4) is 0 Å². The number of thiazole rings is 1. The summed E-state index contributed by atoms with van der Waals surface area (Å²) in [5.74, 6) is 0. The average Bonchev–Trinajstić information content (AvgIpc) is 2.58. The Morgan fingerprint density at radius 1 is 1.40 bits per heavy atom. The number of aldehydes is 1. The van der Waals surface area contributed by atoms with E-state index in [-0.39, 0.29) is 0 Å². The number of hydrogen-bond donors (Lipinski definition) is 0. The molecule has 0 unspecified atom stereocenters. The van der Waals surface area contributed by atoms with Crippen LogP contribution >= 0.6 is 23.1 Å². The van der Waals surface area contributed by atoms with Crippen molar-refractivity contribution in [3.8, 4) is 0 Å². The number of aromatic nitrogens is 1. The van der Waals surface area contributed by atoms with E-state index in [1.54, 1.807) is 11.3 Å². The largest absolute Gasteiger partial charge is 0.302 e. The Labute approximate surface area is 96.7 Å². The van der Waals surface area contributed by atoms with Crippen molar-refractivity contribution in [2.24, 2.45) is 0 Å². The van der Waals surface area contributed by atoms with Crippen molar-refractivity contribution in [3.63, 3.8) is 0 Å². The number of rotatable bonds is 3. The molecule has 78 valence electrons. The second kappa shape index (κ2) is 3.94. The van der Waals surface area contributed by atoms with Crippen LogP contribution in [0.5, 0.6) is 0 Å². The smallest absolute Gasteiger partial charge is 0.152 e. The van der Waals surface area contributed by atoms with E-state index in [0.29, 0.717) is 0 Å². The van der Waals surface area contributed by atoms with Crippen LogP contribution in [0.2, 0.25) is 0 Å². The fourth-order valence-electron chi connectivity index (χ4n) is 1.14. The Bertz CT molecular complexity index is 457. The molecule has 15 heavy (non-hydrogen) atoms. The van der Waals surface area contributed by atoms with E-state index in [0.717, 1.165) is 16.1 Å². The Morgan fingerprint density at radius 3 is 2.80 bits per heavy atom. The summed E-state index contributed by atoms with van der Waals surface area (Å²) in [5.41, 5.74) is 1.01. The van der Waals surface area contributed by atoms with Crippen molar-refractivity contribution in [1.29, 1.82) is 0 Å². The van der Waals surface area contributed by atoms with E-state index >= 15 is 0 Å². The summed E-state index contributed by atoms with van der Waals surface area (Å²) in [5, 5.41) is 0. The number of carbonyl (C=O) groups is 1. The first-order chi connectivity index (χ1) is 7.11. The van der Waals surface area contributed by atoms with Gasteiger partial charge in [0.25, 0.3) is 0 Å². The topological polar surface area (TPSA) is 30.0 Å². The van der Waals surface area contributed by atoms with Crippen LogP contribution in [0.25, 0.3) is 10.2 Å². The van der Waals surface area contributed by atoms with Crippen LogP contribution in [-0.4, -0.2) is 16.0 Å². The molecule has 0 aliphatic rings. The predicted octanol–water partition coefficient (Wildman–Crippen LogP) is 3.37. The number of carbonyl (C=O) groups excluding carboxylic acids is 1. The zero-order valence-corrected chi connectivity index (χ0v) is 10.2. The summed E-state index contributed by atoms with van der Waals surface area (Å²) in [7, 11) is 0. The van der Waals surface area contributed by atoms with Gasteiger partial charge in [0.2, 0.25) is 0 Å². The van der Waals surface area contributed by atoms with Gasteiger partial charge in [-0.05, 0) is 26.0 Å². The van der Waals surface area contributed by atoms with Gasteiger partial charge in [0.15, 0.2) is 4.34 Å². The monoisotopic (exact) mass is 237 g/mol. The van der Waals surface area contributed by atoms with Crippen molar-refractivity contribution >= 4 is 39.6 Å². The van der Waals surface area contributed by atoms with Crippen molar-refractivity contribution in [2.45, 2.75) is 22.9 Å². The third-order valence-electron chi connectivity index (χ3n) is 1.91. The highest BCUT2D eigenvalue weighted by atomic mass is 32.2. The number of fused-ring (bicyclic) bond motifs is 1. The molecule has 2 nitrogen and oxygen atoms in total. The molecule has 0 bridgehead atoms. The molecule has 0 saturated heterocycles. The lowest BCUT2D eigenvalue weighted by atomic mass is 10.2. The van der Waals surface area contributed by atoms with E-state index in [2.05, 4.69) is 4.98 Å². The lowest BCUT2D eigenvalue weighted by Gasteiger charge is -2.12. The molecule has 1 aromatic heterocycles. The molecule has 0 aliphatic carbocycles. The highest BCUT2D eigenvalue weighted by molar-refractivity contribution is 8.03. The van der Waals surface area contributed by atoms with Crippen LogP contribution in [0.15, 0.2) is 28.6 Å². The molecule has 4 heteroatoms. The van der Waals surface area contributed by atoms with Gasteiger partial charge in [-0.3, -0.25) is 0 Å². The van der Waals surface area contributed by atoms with E-state index in [1.165, 1.54) is 16.5 Å². The first kappa shape index (κ1) is 10.6. The molecular weight excluding hydrogens is 226 g/mol. The lowest BCUT2D eigenvalue weighted by molar-refractivity contribution is -0.109. The molecule has 1 aromatic carbocycles. The SMILES string of the molecule is CC(C)(C=O)Sc1nc2ccccc2s1. The van der Waals surface area contributed by atoms with Crippen LogP contribution in [0, 0.1) is 0 Å². The highest BCUT2D eigenvalue weighted by Crippen LogP contribution is 2.36. The van der Waals surface area contributed by atoms with E-state index in [1.807, 2.05) is 38.1 Å². The Morgan fingerprint density at radius 2 is 2.13 bits per heavy atom. The maximum absolute atomic E-state index is 10.8.